The normalized spacial score (nSPS) is 15.2. The maximum Gasteiger partial charge on any atom is 0.229 e. The van der Waals surface area contributed by atoms with Crippen molar-refractivity contribution < 1.29 is 8.78 Å². The monoisotopic (exact) mass is 530 g/mol. The van der Waals surface area contributed by atoms with Crippen molar-refractivity contribution in [1.82, 2.24) is 34.3 Å². The molecule has 1 aliphatic heterocycles. The first-order valence-electron chi connectivity index (χ1n) is 13.3. The summed E-state index contributed by atoms with van der Waals surface area (Å²) in [6.07, 6.45) is 4.90. The van der Waals surface area contributed by atoms with Crippen LogP contribution in [0.4, 0.5) is 20.5 Å². The number of imidazole rings is 1. The van der Waals surface area contributed by atoms with E-state index in [1.54, 1.807) is 6.07 Å². The lowest BCUT2D eigenvalue weighted by molar-refractivity contribution is 0.295. The second-order valence-corrected chi connectivity index (χ2v) is 10.7. The highest BCUT2D eigenvalue weighted by Crippen LogP contribution is 2.40. The molecule has 0 amide bonds. The maximum atomic E-state index is 15.0. The first-order valence-corrected chi connectivity index (χ1v) is 13.3. The summed E-state index contributed by atoms with van der Waals surface area (Å²) in [5.41, 5.74) is 4.63. The number of fused-ring (bicyclic) bond motifs is 2. The molecular weight excluding hydrogens is 498 g/mol. The van der Waals surface area contributed by atoms with Gasteiger partial charge in [-0.1, -0.05) is 12.6 Å². The van der Waals surface area contributed by atoms with Crippen molar-refractivity contribution in [3.8, 4) is 11.3 Å². The molecule has 1 N–H and O–H groups in total. The van der Waals surface area contributed by atoms with Crippen molar-refractivity contribution in [2.45, 2.75) is 45.2 Å². The molecule has 6 rings (SSSR count). The number of hydrogen-bond acceptors (Lipinski definition) is 7. The minimum atomic E-state index is -0.624. The molecule has 0 radical (unpaired) electrons. The molecule has 0 unspecified atom stereocenters. The van der Waals surface area contributed by atoms with E-state index in [0.717, 1.165) is 74.3 Å². The molecule has 3 aromatic heterocycles. The lowest BCUT2D eigenvalue weighted by Gasteiger charge is -2.32. The molecule has 1 saturated carbocycles. The Morgan fingerprint density at radius 1 is 1.13 bits per heavy atom. The summed E-state index contributed by atoms with van der Waals surface area (Å²) in [5.74, 6) is 0.415. The third-order valence-electron chi connectivity index (χ3n) is 7.44. The van der Waals surface area contributed by atoms with Gasteiger partial charge < -0.3 is 19.7 Å². The molecule has 0 bridgehead atoms. The van der Waals surface area contributed by atoms with Crippen LogP contribution in [0.15, 0.2) is 42.7 Å². The van der Waals surface area contributed by atoms with Crippen molar-refractivity contribution in [2.75, 3.05) is 32.5 Å². The van der Waals surface area contributed by atoms with Crippen molar-refractivity contribution in [2.24, 2.45) is 0 Å². The Hall–Kier alpha value is -3.92. The third kappa shape index (κ3) is 5.08. The van der Waals surface area contributed by atoms with E-state index in [-0.39, 0.29) is 11.6 Å². The van der Waals surface area contributed by atoms with Crippen LogP contribution in [0, 0.1) is 18.6 Å². The molecule has 0 saturated heterocycles. The number of nitrogens with zero attached hydrogens (tertiary/aromatic N) is 7. The minimum absolute atomic E-state index is 0.0272. The zero-order valence-electron chi connectivity index (χ0n) is 22.5. The summed E-state index contributed by atoms with van der Waals surface area (Å²) in [7, 11) is 4.13. The summed E-state index contributed by atoms with van der Waals surface area (Å²) in [6, 6.07) is 7.29. The zero-order valence-corrected chi connectivity index (χ0v) is 22.5. The summed E-state index contributed by atoms with van der Waals surface area (Å²) >= 11 is 0. The Morgan fingerprint density at radius 3 is 2.72 bits per heavy atom. The molecule has 1 fully saturated rings. The van der Waals surface area contributed by atoms with E-state index in [2.05, 4.69) is 50.7 Å². The predicted octanol–water partition coefficient (Wildman–Crippen LogP) is 5.38. The maximum absolute atomic E-state index is 15.0. The van der Waals surface area contributed by atoms with E-state index < -0.39 is 11.6 Å². The van der Waals surface area contributed by atoms with E-state index in [4.69, 9.17) is 4.98 Å². The van der Waals surface area contributed by atoms with Crippen LogP contribution < -0.4 is 5.32 Å². The summed E-state index contributed by atoms with van der Waals surface area (Å²) in [5, 5.41) is 3.11. The summed E-state index contributed by atoms with van der Waals surface area (Å²) < 4.78 is 32.0. The molecule has 2 aliphatic rings. The van der Waals surface area contributed by atoms with Crippen LogP contribution in [0.5, 0.6) is 0 Å². The number of anilines is 2. The van der Waals surface area contributed by atoms with Crippen molar-refractivity contribution in [3.63, 3.8) is 0 Å². The van der Waals surface area contributed by atoms with Crippen molar-refractivity contribution >= 4 is 22.8 Å². The van der Waals surface area contributed by atoms with Gasteiger partial charge in [-0.15, -0.1) is 0 Å². The van der Waals surface area contributed by atoms with Gasteiger partial charge in [-0.3, -0.25) is 0 Å². The molecule has 1 aliphatic carbocycles. The quantitative estimate of drug-likeness (QED) is 0.328. The molecule has 1 aromatic carbocycles. The lowest BCUT2D eigenvalue weighted by atomic mass is 10.0. The fourth-order valence-electron chi connectivity index (χ4n) is 5.21. The Balaban J connectivity index is 1.23. The van der Waals surface area contributed by atoms with Gasteiger partial charge in [0.15, 0.2) is 11.6 Å². The van der Waals surface area contributed by atoms with Gasteiger partial charge in [0, 0.05) is 49.1 Å². The summed E-state index contributed by atoms with van der Waals surface area (Å²) in [4.78, 5) is 22.2. The Morgan fingerprint density at radius 2 is 1.95 bits per heavy atom. The fourth-order valence-corrected chi connectivity index (χ4v) is 5.21. The predicted molar refractivity (Wildman–Crippen MR) is 148 cm³/mol. The van der Waals surface area contributed by atoms with E-state index >= 15 is 4.39 Å². The SMILES string of the molecule is C=C(CCN(C)C)N1CCc2nc(Nc3ncc(F)c(-c4cc(F)c5nc(C)n(C6CC6)c5c4)n3)ccc2C1. The van der Waals surface area contributed by atoms with Gasteiger partial charge in [0.2, 0.25) is 5.95 Å². The third-order valence-corrected chi connectivity index (χ3v) is 7.44. The molecule has 0 spiro atoms. The largest absolute Gasteiger partial charge is 0.370 e. The second-order valence-electron chi connectivity index (χ2n) is 10.7. The lowest BCUT2D eigenvalue weighted by Crippen LogP contribution is -2.31. The number of aryl methyl sites for hydroxylation is 1. The van der Waals surface area contributed by atoms with Crippen molar-refractivity contribution in [1.29, 1.82) is 0 Å². The van der Waals surface area contributed by atoms with E-state index in [1.165, 1.54) is 6.07 Å². The van der Waals surface area contributed by atoms with Gasteiger partial charge in [-0.05, 0) is 64.0 Å². The van der Waals surface area contributed by atoms with Crippen molar-refractivity contribution in [3.05, 3.63) is 71.5 Å². The Kier molecular flexibility index (Phi) is 6.50. The molecule has 4 aromatic rings. The Bertz CT molecular complexity index is 1570. The van der Waals surface area contributed by atoms with Crippen LogP contribution in [-0.2, 0) is 13.0 Å². The van der Waals surface area contributed by atoms with Crippen LogP contribution in [0.25, 0.3) is 22.3 Å². The Labute approximate surface area is 226 Å². The molecule has 8 nitrogen and oxygen atoms in total. The van der Waals surface area contributed by atoms with E-state index in [9.17, 15) is 4.39 Å². The number of rotatable bonds is 8. The van der Waals surface area contributed by atoms with Crippen LogP contribution in [0.1, 0.15) is 42.4 Å². The number of pyridine rings is 1. The molecular formula is C29H32F2N8. The van der Waals surface area contributed by atoms with Crippen LogP contribution in [-0.4, -0.2) is 61.5 Å². The highest BCUT2D eigenvalue weighted by atomic mass is 19.1. The van der Waals surface area contributed by atoms with Crippen LogP contribution in [0.3, 0.4) is 0 Å². The standard InChI is InChI=1S/C29H32F2N8/c1-17(9-11-37(3)4)38-12-10-24-19(16-38)5-8-26(34-24)35-29-32-15-23(31)27(36-29)20-13-22(30)28-25(14-20)39(18(2)33-28)21-6-7-21/h5,8,13-15,21H,1,6-7,9-12,16H2,2-4H3,(H,32,34,35,36). The van der Waals surface area contributed by atoms with Gasteiger partial charge in [0.1, 0.15) is 22.9 Å². The molecule has 0 atom stereocenters. The molecule has 39 heavy (non-hydrogen) atoms. The minimum Gasteiger partial charge on any atom is -0.370 e. The van der Waals surface area contributed by atoms with Gasteiger partial charge in [0.25, 0.3) is 0 Å². The highest BCUT2D eigenvalue weighted by Gasteiger charge is 2.28. The van der Waals surface area contributed by atoms with Gasteiger partial charge >= 0.3 is 0 Å². The number of nitrogens with one attached hydrogen (secondary N) is 1. The average molecular weight is 531 g/mol. The number of aromatic nitrogens is 5. The average Bonchev–Trinajstić information content (AvgIpc) is 3.69. The fraction of sp³-hybridized carbons (Fsp3) is 0.379. The topological polar surface area (TPSA) is 75.0 Å². The summed E-state index contributed by atoms with van der Waals surface area (Å²) in [6.45, 7) is 8.74. The highest BCUT2D eigenvalue weighted by molar-refractivity contribution is 5.83. The molecule has 202 valence electrons. The van der Waals surface area contributed by atoms with Gasteiger partial charge in [-0.25, -0.2) is 28.7 Å². The second kappa shape index (κ2) is 10.00. The van der Waals surface area contributed by atoms with Gasteiger partial charge in [-0.2, -0.15) is 0 Å². The number of benzene rings is 1. The first-order chi connectivity index (χ1) is 18.8. The van der Waals surface area contributed by atoms with E-state index in [0.29, 0.717) is 28.5 Å². The number of hydrogen-bond donors (Lipinski definition) is 1. The molecule has 10 heteroatoms. The molecule has 4 heterocycles. The first kappa shape index (κ1) is 25.4. The number of halogens is 2. The zero-order chi connectivity index (χ0) is 27.3. The van der Waals surface area contributed by atoms with Crippen LogP contribution in [0.2, 0.25) is 0 Å². The smallest absolute Gasteiger partial charge is 0.229 e. The van der Waals surface area contributed by atoms with Gasteiger partial charge in [0.05, 0.1) is 11.7 Å². The van der Waals surface area contributed by atoms with E-state index in [1.807, 2.05) is 23.6 Å². The van der Waals surface area contributed by atoms with Crippen LogP contribution >= 0.6 is 0 Å².